The molecule has 19 heavy (non-hydrogen) atoms. The SMILES string of the molecule is CCCNc1nc(C2CCCOC2)nc2c1CCC2. The number of anilines is 1. The molecule has 1 N–H and O–H groups in total. The number of aryl methyl sites for hydroxylation is 1. The van der Waals surface area contributed by atoms with E-state index in [4.69, 9.17) is 14.7 Å². The topological polar surface area (TPSA) is 47.0 Å². The zero-order valence-electron chi connectivity index (χ0n) is 11.7. The van der Waals surface area contributed by atoms with Gasteiger partial charge in [0.05, 0.1) is 6.61 Å². The van der Waals surface area contributed by atoms with E-state index in [0.29, 0.717) is 5.92 Å². The second-order valence-corrected chi connectivity index (χ2v) is 5.55. The summed E-state index contributed by atoms with van der Waals surface area (Å²) in [6.07, 6.45) is 6.87. The van der Waals surface area contributed by atoms with Crippen LogP contribution in [-0.2, 0) is 17.6 Å². The van der Waals surface area contributed by atoms with Crippen LogP contribution in [0.15, 0.2) is 0 Å². The number of ether oxygens (including phenoxy) is 1. The largest absolute Gasteiger partial charge is 0.381 e. The number of nitrogens with one attached hydrogen (secondary N) is 1. The minimum absolute atomic E-state index is 0.391. The Labute approximate surface area is 115 Å². The highest BCUT2D eigenvalue weighted by molar-refractivity contribution is 5.49. The predicted octanol–water partition coefficient (Wildman–Crippen LogP) is 2.68. The number of hydrogen-bond donors (Lipinski definition) is 1. The molecular formula is C15H23N3O. The summed E-state index contributed by atoms with van der Waals surface area (Å²) in [5, 5.41) is 3.48. The van der Waals surface area contributed by atoms with Crippen molar-refractivity contribution < 1.29 is 4.74 Å². The molecule has 1 aromatic heterocycles. The molecule has 0 spiro atoms. The molecule has 1 atom stereocenters. The van der Waals surface area contributed by atoms with Gasteiger partial charge in [-0.05, 0) is 38.5 Å². The first-order valence-electron chi connectivity index (χ1n) is 7.59. The van der Waals surface area contributed by atoms with Gasteiger partial charge in [0, 0.05) is 30.3 Å². The van der Waals surface area contributed by atoms with E-state index < -0.39 is 0 Å². The summed E-state index contributed by atoms with van der Waals surface area (Å²) in [7, 11) is 0. The van der Waals surface area contributed by atoms with Crippen molar-refractivity contribution in [2.45, 2.75) is 51.4 Å². The fourth-order valence-corrected chi connectivity index (χ4v) is 2.97. The summed E-state index contributed by atoms with van der Waals surface area (Å²) in [5.74, 6) is 2.48. The van der Waals surface area contributed by atoms with Crippen molar-refractivity contribution in [2.24, 2.45) is 0 Å². The Morgan fingerprint density at radius 2 is 2.21 bits per heavy atom. The average molecular weight is 261 g/mol. The standard InChI is InChI=1S/C15H23N3O/c1-2-8-16-15-12-6-3-7-13(12)17-14(18-15)11-5-4-9-19-10-11/h11H,2-10H2,1H3,(H,16,17,18). The van der Waals surface area contributed by atoms with Crippen LogP contribution in [-0.4, -0.2) is 29.7 Å². The Bertz CT molecular complexity index is 441. The van der Waals surface area contributed by atoms with Gasteiger partial charge in [0.15, 0.2) is 0 Å². The lowest BCUT2D eigenvalue weighted by Gasteiger charge is -2.22. The maximum Gasteiger partial charge on any atom is 0.136 e. The molecule has 0 amide bonds. The van der Waals surface area contributed by atoms with Crippen LogP contribution in [0.4, 0.5) is 5.82 Å². The number of nitrogens with zero attached hydrogens (tertiary/aromatic N) is 2. The molecule has 4 nitrogen and oxygen atoms in total. The molecule has 1 aliphatic carbocycles. The van der Waals surface area contributed by atoms with Gasteiger partial charge in [0.25, 0.3) is 0 Å². The fourth-order valence-electron chi connectivity index (χ4n) is 2.97. The van der Waals surface area contributed by atoms with Gasteiger partial charge in [-0.25, -0.2) is 9.97 Å². The fraction of sp³-hybridized carbons (Fsp3) is 0.733. The molecule has 3 rings (SSSR count). The molecule has 1 aromatic rings. The van der Waals surface area contributed by atoms with E-state index in [1.165, 1.54) is 17.7 Å². The van der Waals surface area contributed by atoms with Gasteiger partial charge in [-0.2, -0.15) is 0 Å². The maximum absolute atomic E-state index is 5.58. The summed E-state index contributed by atoms with van der Waals surface area (Å²) >= 11 is 0. The summed E-state index contributed by atoms with van der Waals surface area (Å²) in [6.45, 7) is 4.85. The van der Waals surface area contributed by atoms with Crippen molar-refractivity contribution in [3.8, 4) is 0 Å². The Balaban J connectivity index is 1.87. The molecule has 0 saturated carbocycles. The smallest absolute Gasteiger partial charge is 0.136 e. The normalized spacial score (nSPS) is 22.3. The minimum atomic E-state index is 0.391. The zero-order valence-corrected chi connectivity index (χ0v) is 11.7. The van der Waals surface area contributed by atoms with Crippen LogP contribution in [0.5, 0.6) is 0 Å². The molecule has 1 fully saturated rings. The zero-order chi connectivity index (χ0) is 13.1. The highest BCUT2D eigenvalue weighted by Crippen LogP contribution is 2.30. The lowest BCUT2D eigenvalue weighted by atomic mass is 10.0. The summed E-state index contributed by atoms with van der Waals surface area (Å²) in [5.41, 5.74) is 2.63. The van der Waals surface area contributed by atoms with Gasteiger partial charge in [-0.3, -0.25) is 0 Å². The van der Waals surface area contributed by atoms with Crippen molar-refractivity contribution >= 4 is 5.82 Å². The van der Waals surface area contributed by atoms with E-state index in [1.807, 2.05) is 0 Å². The Hall–Kier alpha value is -1.16. The predicted molar refractivity (Wildman–Crippen MR) is 75.6 cm³/mol. The highest BCUT2D eigenvalue weighted by atomic mass is 16.5. The molecular weight excluding hydrogens is 238 g/mol. The number of rotatable bonds is 4. The van der Waals surface area contributed by atoms with Crippen LogP contribution in [0.25, 0.3) is 0 Å². The third-order valence-electron chi connectivity index (χ3n) is 4.02. The summed E-state index contributed by atoms with van der Waals surface area (Å²) < 4.78 is 5.58. The van der Waals surface area contributed by atoms with Crippen molar-refractivity contribution in [3.05, 3.63) is 17.1 Å². The molecule has 0 aromatic carbocycles. The molecule has 0 radical (unpaired) electrons. The van der Waals surface area contributed by atoms with Crippen LogP contribution in [0.3, 0.4) is 0 Å². The lowest BCUT2D eigenvalue weighted by Crippen LogP contribution is -2.19. The quantitative estimate of drug-likeness (QED) is 0.905. The van der Waals surface area contributed by atoms with Crippen LogP contribution >= 0.6 is 0 Å². The molecule has 1 saturated heterocycles. The van der Waals surface area contributed by atoms with Gasteiger partial charge in [0.1, 0.15) is 11.6 Å². The maximum atomic E-state index is 5.58. The van der Waals surface area contributed by atoms with Gasteiger partial charge in [-0.15, -0.1) is 0 Å². The van der Waals surface area contributed by atoms with Crippen molar-refractivity contribution in [1.29, 1.82) is 0 Å². The lowest BCUT2D eigenvalue weighted by molar-refractivity contribution is 0.0780. The summed E-state index contributed by atoms with van der Waals surface area (Å²) in [6, 6.07) is 0. The molecule has 2 heterocycles. The second-order valence-electron chi connectivity index (χ2n) is 5.55. The molecule has 2 aliphatic rings. The molecule has 4 heteroatoms. The Morgan fingerprint density at radius 3 is 3.00 bits per heavy atom. The van der Waals surface area contributed by atoms with E-state index in [1.54, 1.807) is 0 Å². The van der Waals surface area contributed by atoms with Gasteiger partial charge in [0.2, 0.25) is 0 Å². The molecule has 0 bridgehead atoms. The molecule has 1 unspecified atom stereocenters. The summed E-state index contributed by atoms with van der Waals surface area (Å²) in [4.78, 5) is 9.62. The van der Waals surface area contributed by atoms with Crippen LogP contribution < -0.4 is 5.32 Å². The van der Waals surface area contributed by atoms with E-state index in [9.17, 15) is 0 Å². The molecule has 1 aliphatic heterocycles. The van der Waals surface area contributed by atoms with Crippen molar-refractivity contribution in [3.63, 3.8) is 0 Å². The first-order chi connectivity index (χ1) is 9.38. The first-order valence-corrected chi connectivity index (χ1v) is 7.59. The Kier molecular flexibility index (Phi) is 3.97. The van der Waals surface area contributed by atoms with Crippen LogP contribution in [0.1, 0.15) is 55.6 Å². The van der Waals surface area contributed by atoms with Crippen molar-refractivity contribution in [2.75, 3.05) is 25.1 Å². The average Bonchev–Trinajstić information content (AvgIpc) is 2.94. The van der Waals surface area contributed by atoms with Gasteiger partial charge < -0.3 is 10.1 Å². The minimum Gasteiger partial charge on any atom is -0.381 e. The third kappa shape index (κ3) is 2.73. The van der Waals surface area contributed by atoms with E-state index in [2.05, 4.69) is 12.2 Å². The van der Waals surface area contributed by atoms with E-state index in [-0.39, 0.29) is 0 Å². The van der Waals surface area contributed by atoms with Crippen LogP contribution in [0, 0.1) is 0 Å². The second kappa shape index (κ2) is 5.87. The van der Waals surface area contributed by atoms with Crippen LogP contribution in [0.2, 0.25) is 0 Å². The number of hydrogen-bond acceptors (Lipinski definition) is 4. The van der Waals surface area contributed by atoms with Gasteiger partial charge in [-0.1, -0.05) is 6.92 Å². The van der Waals surface area contributed by atoms with Crippen molar-refractivity contribution in [1.82, 2.24) is 9.97 Å². The Morgan fingerprint density at radius 1 is 1.26 bits per heavy atom. The monoisotopic (exact) mass is 261 g/mol. The van der Waals surface area contributed by atoms with Gasteiger partial charge >= 0.3 is 0 Å². The third-order valence-corrected chi connectivity index (χ3v) is 4.02. The number of fused-ring (bicyclic) bond motifs is 1. The first kappa shape index (κ1) is 12.9. The number of aromatic nitrogens is 2. The highest BCUT2D eigenvalue weighted by Gasteiger charge is 2.24. The van der Waals surface area contributed by atoms with E-state index >= 15 is 0 Å². The molecule has 104 valence electrons. The van der Waals surface area contributed by atoms with E-state index in [0.717, 1.165) is 63.5 Å².